The van der Waals surface area contributed by atoms with Gasteiger partial charge in [-0.25, -0.2) is 8.78 Å². The minimum atomic E-state index is -0.678. The summed E-state index contributed by atoms with van der Waals surface area (Å²) in [5, 5.41) is 3.23. The highest BCUT2D eigenvalue weighted by Gasteiger charge is 2.20. The first-order valence-corrected chi connectivity index (χ1v) is 6.56. The number of benzene rings is 1. The van der Waals surface area contributed by atoms with Gasteiger partial charge in [0, 0.05) is 38.3 Å². The Kier molecular flexibility index (Phi) is 4.53. The summed E-state index contributed by atoms with van der Waals surface area (Å²) in [7, 11) is 1.39. The molecule has 0 saturated carbocycles. The third-order valence-corrected chi connectivity index (χ3v) is 3.73. The molecule has 0 aliphatic carbocycles. The van der Waals surface area contributed by atoms with Crippen LogP contribution in [0.3, 0.4) is 0 Å². The van der Waals surface area contributed by atoms with Crippen molar-refractivity contribution in [3.63, 3.8) is 0 Å². The van der Waals surface area contributed by atoms with Gasteiger partial charge in [-0.15, -0.1) is 0 Å². The van der Waals surface area contributed by atoms with Crippen LogP contribution in [0, 0.1) is 11.6 Å². The van der Waals surface area contributed by atoms with E-state index in [9.17, 15) is 8.78 Å². The molecule has 18 heavy (non-hydrogen) atoms. The summed E-state index contributed by atoms with van der Waals surface area (Å²) >= 11 is 2.88. The van der Waals surface area contributed by atoms with Crippen molar-refractivity contribution in [3.8, 4) is 5.75 Å². The third kappa shape index (κ3) is 2.81. The second-order valence-electron chi connectivity index (χ2n) is 4.20. The maximum Gasteiger partial charge on any atom is 0.182 e. The minimum Gasteiger partial charge on any atom is -0.493 e. The summed E-state index contributed by atoms with van der Waals surface area (Å²) in [5.41, 5.74) is 0.539. The van der Waals surface area contributed by atoms with Gasteiger partial charge >= 0.3 is 0 Å². The largest absolute Gasteiger partial charge is 0.493 e. The lowest BCUT2D eigenvalue weighted by atomic mass is 10.1. The van der Waals surface area contributed by atoms with E-state index in [1.165, 1.54) is 13.2 Å². The molecule has 0 aromatic heterocycles. The molecule has 3 nitrogen and oxygen atoms in total. The Labute approximate surface area is 113 Å². The van der Waals surface area contributed by atoms with Crippen LogP contribution in [0.1, 0.15) is 5.56 Å². The molecule has 1 aromatic rings. The SMILES string of the molecule is COc1c(CN2CCNCC2)cc(F)c(Br)c1F. The van der Waals surface area contributed by atoms with Gasteiger partial charge in [-0.3, -0.25) is 4.90 Å². The summed E-state index contributed by atoms with van der Waals surface area (Å²) in [6.45, 7) is 4.00. The Morgan fingerprint density at radius 2 is 2.06 bits per heavy atom. The average Bonchev–Trinajstić information content (AvgIpc) is 2.38. The lowest BCUT2D eigenvalue weighted by molar-refractivity contribution is 0.228. The van der Waals surface area contributed by atoms with E-state index >= 15 is 0 Å². The fourth-order valence-corrected chi connectivity index (χ4v) is 2.37. The van der Waals surface area contributed by atoms with Crippen molar-refractivity contribution in [2.45, 2.75) is 6.54 Å². The zero-order chi connectivity index (χ0) is 13.1. The summed E-state index contributed by atoms with van der Waals surface area (Å²) in [5.74, 6) is -1.16. The molecule has 1 aliphatic rings. The molecule has 0 spiro atoms. The molecule has 1 N–H and O–H groups in total. The van der Waals surface area contributed by atoms with Gasteiger partial charge < -0.3 is 10.1 Å². The molecule has 1 aromatic carbocycles. The molecule has 2 rings (SSSR count). The zero-order valence-electron chi connectivity index (χ0n) is 10.1. The highest BCUT2D eigenvalue weighted by atomic mass is 79.9. The van der Waals surface area contributed by atoms with E-state index in [2.05, 4.69) is 26.1 Å². The molecule has 1 heterocycles. The van der Waals surface area contributed by atoms with Crippen LogP contribution < -0.4 is 10.1 Å². The number of halogens is 3. The molecule has 0 atom stereocenters. The van der Waals surface area contributed by atoms with Gasteiger partial charge in [0.15, 0.2) is 11.6 Å². The number of ether oxygens (including phenoxy) is 1. The smallest absolute Gasteiger partial charge is 0.182 e. The van der Waals surface area contributed by atoms with E-state index in [-0.39, 0.29) is 10.2 Å². The highest BCUT2D eigenvalue weighted by Crippen LogP contribution is 2.32. The maximum atomic E-state index is 13.8. The van der Waals surface area contributed by atoms with Gasteiger partial charge in [0.25, 0.3) is 0 Å². The normalized spacial score (nSPS) is 16.9. The Hall–Kier alpha value is -0.720. The number of hydrogen-bond donors (Lipinski definition) is 1. The Morgan fingerprint density at radius 3 is 2.67 bits per heavy atom. The topological polar surface area (TPSA) is 24.5 Å². The quantitative estimate of drug-likeness (QED) is 0.864. The maximum absolute atomic E-state index is 13.8. The predicted molar refractivity (Wildman–Crippen MR) is 68.8 cm³/mol. The van der Waals surface area contributed by atoms with Crippen molar-refractivity contribution < 1.29 is 13.5 Å². The number of nitrogens with one attached hydrogen (secondary N) is 1. The summed E-state index contributed by atoms with van der Waals surface area (Å²) < 4.78 is 32.2. The molecular formula is C12H15BrF2N2O. The van der Waals surface area contributed by atoms with Crippen molar-refractivity contribution in [3.05, 3.63) is 27.7 Å². The lowest BCUT2D eigenvalue weighted by Gasteiger charge is -2.27. The standard InChI is InChI=1S/C12H15BrF2N2O/c1-18-12-8(6-9(14)10(13)11(12)15)7-17-4-2-16-3-5-17/h6,16H,2-5,7H2,1H3. The molecule has 0 bridgehead atoms. The van der Waals surface area contributed by atoms with Gasteiger partial charge in [-0.05, 0) is 22.0 Å². The van der Waals surface area contributed by atoms with E-state index < -0.39 is 11.6 Å². The van der Waals surface area contributed by atoms with Crippen LogP contribution in [0.25, 0.3) is 0 Å². The van der Waals surface area contributed by atoms with Crippen LogP contribution in [-0.2, 0) is 6.54 Å². The Bertz CT molecular complexity index is 437. The van der Waals surface area contributed by atoms with Gasteiger partial charge in [0.05, 0.1) is 11.6 Å². The van der Waals surface area contributed by atoms with Crippen molar-refractivity contribution in [1.82, 2.24) is 10.2 Å². The fraction of sp³-hybridized carbons (Fsp3) is 0.500. The van der Waals surface area contributed by atoms with Crippen LogP contribution in [0.2, 0.25) is 0 Å². The molecule has 1 fully saturated rings. The average molecular weight is 321 g/mol. The van der Waals surface area contributed by atoms with E-state index in [0.29, 0.717) is 12.1 Å². The van der Waals surface area contributed by atoms with Crippen molar-refractivity contribution in [2.24, 2.45) is 0 Å². The molecule has 0 radical (unpaired) electrons. The highest BCUT2D eigenvalue weighted by molar-refractivity contribution is 9.10. The fourth-order valence-electron chi connectivity index (χ4n) is 2.08. The van der Waals surface area contributed by atoms with Crippen LogP contribution in [0.5, 0.6) is 5.75 Å². The molecule has 0 unspecified atom stereocenters. The monoisotopic (exact) mass is 320 g/mol. The molecular weight excluding hydrogens is 306 g/mol. The summed E-state index contributed by atoms with van der Waals surface area (Å²) in [6.07, 6.45) is 0. The van der Waals surface area contributed by atoms with Gasteiger partial charge in [-0.2, -0.15) is 0 Å². The summed E-state index contributed by atoms with van der Waals surface area (Å²) in [4.78, 5) is 2.14. The van der Waals surface area contributed by atoms with E-state index in [4.69, 9.17) is 4.74 Å². The van der Waals surface area contributed by atoms with Crippen molar-refractivity contribution in [1.29, 1.82) is 0 Å². The molecule has 1 saturated heterocycles. The van der Waals surface area contributed by atoms with Crippen molar-refractivity contribution in [2.75, 3.05) is 33.3 Å². The molecule has 6 heteroatoms. The first kappa shape index (κ1) is 13.7. The van der Waals surface area contributed by atoms with Crippen LogP contribution in [0.15, 0.2) is 10.5 Å². The Morgan fingerprint density at radius 1 is 1.39 bits per heavy atom. The molecule has 1 aliphatic heterocycles. The Balaban J connectivity index is 2.25. The van der Waals surface area contributed by atoms with E-state index in [1.54, 1.807) is 0 Å². The number of nitrogens with zero attached hydrogens (tertiary/aromatic N) is 1. The number of piperazine rings is 1. The molecule has 0 amide bonds. The second-order valence-corrected chi connectivity index (χ2v) is 5.00. The van der Waals surface area contributed by atoms with Crippen molar-refractivity contribution >= 4 is 15.9 Å². The summed E-state index contributed by atoms with van der Waals surface area (Å²) in [6, 6.07) is 1.33. The van der Waals surface area contributed by atoms with E-state index in [1.807, 2.05) is 0 Å². The first-order valence-electron chi connectivity index (χ1n) is 5.77. The second kappa shape index (κ2) is 5.95. The number of methoxy groups -OCH3 is 1. The predicted octanol–water partition coefficient (Wildman–Crippen LogP) is 2.14. The number of rotatable bonds is 3. The first-order chi connectivity index (χ1) is 8.63. The lowest BCUT2D eigenvalue weighted by Crippen LogP contribution is -2.42. The zero-order valence-corrected chi connectivity index (χ0v) is 11.7. The van der Waals surface area contributed by atoms with Gasteiger partial charge in [0.1, 0.15) is 5.82 Å². The third-order valence-electron chi connectivity index (χ3n) is 3.00. The van der Waals surface area contributed by atoms with E-state index in [0.717, 1.165) is 26.2 Å². The molecule has 100 valence electrons. The van der Waals surface area contributed by atoms with Crippen LogP contribution >= 0.6 is 15.9 Å². The van der Waals surface area contributed by atoms with Crippen LogP contribution in [-0.4, -0.2) is 38.2 Å². The van der Waals surface area contributed by atoms with Gasteiger partial charge in [-0.1, -0.05) is 0 Å². The minimum absolute atomic E-state index is 0.113. The van der Waals surface area contributed by atoms with Crippen LogP contribution in [0.4, 0.5) is 8.78 Å². The van der Waals surface area contributed by atoms with Gasteiger partial charge in [0.2, 0.25) is 0 Å². The number of hydrogen-bond acceptors (Lipinski definition) is 3.